The van der Waals surface area contributed by atoms with Crippen LogP contribution in [0.4, 0.5) is 0 Å². The number of likely N-dealkylation sites (N-methyl/N-ethyl adjacent to an activating group) is 1. The predicted molar refractivity (Wildman–Crippen MR) is 66.1 cm³/mol. The summed E-state index contributed by atoms with van der Waals surface area (Å²) in [5, 5.41) is 12.0. The Bertz CT molecular complexity index is 363. The molecule has 0 saturated carbocycles. The summed E-state index contributed by atoms with van der Waals surface area (Å²) in [6, 6.07) is 3.76. The molecule has 0 radical (unpaired) electrons. The fourth-order valence-corrected chi connectivity index (χ4v) is 1.25. The van der Waals surface area contributed by atoms with Crippen molar-refractivity contribution in [2.75, 3.05) is 20.6 Å². The van der Waals surface area contributed by atoms with Crippen LogP contribution in [0, 0.1) is 0 Å². The fraction of sp³-hybridized carbons (Fsp3) is 0.500. The van der Waals surface area contributed by atoms with Gasteiger partial charge in [-0.3, -0.25) is 4.98 Å². The Balaban J connectivity index is 2.40. The lowest BCUT2D eigenvalue weighted by atomic mass is 10.2. The molecule has 0 spiro atoms. The summed E-state index contributed by atoms with van der Waals surface area (Å²) in [5.74, 6) is -0.946. The number of nitrogens with one attached hydrogen (secondary N) is 1. The second kappa shape index (κ2) is 6.32. The van der Waals surface area contributed by atoms with Gasteiger partial charge in [-0.2, -0.15) is 0 Å². The van der Waals surface area contributed by atoms with E-state index >= 15 is 0 Å². The third-order valence-corrected chi connectivity index (χ3v) is 2.70. The molecular formula is C12H19N3O2. The third-order valence-electron chi connectivity index (χ3n) is 2.70. The Morgan fingerprint density at radius 1 is 1.53 bits per heavy atom. The van der Waals surface area contributed by atoms with Crippen LogP contribution in [0.15, 0.2) is 18.3 Å². The summed E-state index contributed by atoms with van der Waals surface area (Å²) in [4.78, 5) is 16.8. The van der Waals surface area contributed by atoms with Crippen molar-refractivity contribution >= 4 is 5.97 Å². The van der Waals surface area contributed by atoms with E-state index in [2.05, 4.69) is 22.1 Å². The lowest BCUT2D eigenvalue weighted by Crippen LogP contribution is -2.35. The van der Waals surface area contributed by atoms with Gasteiger partial charge in [-0.25, -0.2) is 4.79 Å². The van der Waals surface area contributed by atoms with Crippen molar-refractivity contribution in [2.24, 2.45) is 0 Å². The molecule has 5 nitrogen and oxygen atoms in total. The summed E-state index contributed by atoms with van der Waals surface area (Å²) in [6.45, 7) is 3.65. The largest absolute Gasteiger partial charge is 0.478 e. The average Bonchev–Trinajstić information content (AvgIpc) is 2.29. The molecule has 17 heavy (non-hydrogen) atoms. The number of rotatable bonds is 6. The minimum absolute atomic E-state index is 0.218. The quantitative estimate of drug-likeness (QED) is 0.767. The zero-order chi connectivity index (χ0) is 12.8. The minimum atomic E-state index is -0.946. The fourth-order valence-electron chi connectivity index (χ4n) is 1.25. The van der Waals surface area contributed by atoms with Gasteiger partial charge in [0, 0.05) is 25.3 Å². The van der Waals surface area contributed by atoms with Crippen molar-refractivity contribution in [2.45, 2.75) is 19.5 Å². The number of carboxylic acid groups (broad SMARTS) is 1. The molecule has 0 aliphatic carbocycles. The van der Waals surface area contributed by atoms with Gasteiger partial charge in [0.05, 0.1) is 11.3 Å². The molecule has 0 aliphatic heterocycles. The molecule has 2 N–H and O–H groups in total. The van der Waals surface area contributed by atoms with Crippen molar-refractivity contribution in [3.8, 4) is 0 Å². The zero-order valence-corrected chi connectivity index (χ0v) is 10.5. The molecule has 5 heteroatoms. The molecule has 94 valence electrons. The van der Waals surface area contributed by atoms with E-state index in [0.717, 1.165) is 12.2 Å². The summed E-state index contributed by atoms with van der Waals surface area (Å²) in [6.07, 6.45) is 1.38. The minimum Gasteiger partial charge on any atom is -0.478 e. The van der Waals surface area contributed by atoms with Crippen LogP contribution >= 0.6 is 0 Å². The number of hydrogen-bond donors (Lipinski definition) is 2. The molecule has 1 heterocycles. The van der Waals surface area contributed by atoms with Gasteiger partial charge in [-0.15, -0.1) is 0 Å². The van der Waals surface area contributed by atoms with Gasteiger partial charge in [0.15, 0.2) is 0 Å². The van der Waals surface area contributed by atoms with E-state index in [-0.39, 0.29) is 5.56 Å². The molecule has 1 rings (SSSR count). The Labute approximate surface area is 101 Å². The normalized spacial score (nSPS) is 12.7. The lowest BCUT2D eigenvalue weighted by molar-refractivity contribution is 0.0696. The molecule has 1 atom stereocenters. The van der Waals surface area contributed by atoms with Gasteiger partial charge in [0.2, 0.25) is 0 Å². The first kappa shape index (κ1) is 13.6. The molecule has 0 saturated heterocycles. The highest BCUT2D eigenvalue weighted by Gasteiger charge is 2.05. The van der Waals surface area contributed by atoms with Gasteiger partial charge in [0.1, 0.15) is 0 Å². The molecule has 0 bridgehead atoms. The average molecular weight is 237 g/mol. The molecule has 1 unspecified atom stereocenters. The van der Waals surface area contributed by atoms with Crippen LogP contribution in [0.1, 0.15) is 23.0 Å². The summed E-state index contributed by atoms with van der Waals surface area (Å²) in [7, 11) is 4.07. The first-order chi connectivity index (χ1) is 8.00. The Hall–Kier alpha value is -1.46. The molecule has 0 aromatic carbocycles. The van der Waals surface area contributed by atoms with Crippen LogP contribution in [-0.2, 0) is 6.54 Å². The van der Waals surface area contributed by atoms with E-state index in [1.165, 1.54) is 6.20 Å². The van der Waals surface area contributed by atoms with Gasteiger partial charge < -0.3 is 15.3 Å². The summed E-state index contributed by atoms with van der Waals surface area (Å²) >= 11 is 0. The van der Waals surface area contributed by atoms with Crippen LogP contribution in [0.25, 0.3) is 0 Å². The van der Waals surface area contributed by atoms with E-state index in [0.29, 0.717) is 12.6 Å². The van der Waals surface area contributed by atoms with Crippen LogP contribution < -0.4 is 5.32 Å². The highest BCUT2D eigenvalue weighted by atomic mass is 16.4. The Kier molecular flexibility index (Phi) is 5.06. The van der Waals surface area contributed by atoms with Gasteiger partial charge in [0.25, 0.3) is 0 Å². The van der Waals surface area contributed by atoms with Crippen LogP contribution in [0.3, 0.4) is 0 Å². The highest BCUT2D eigenvalue weighted by Crippen LogP contribution is 2.00. The number of aromatic nitrogens is 1. The first-order valence-electron chi connectivity index (χ1n) is 5.56. The van der Waals surface area contributed by atoms with Crippen LogP contribution in [0.5, 0.6) is 0 Å². The van der Waals surface area contributed by atoms with E-state index < -0.39 is 5.97 Å². The first-order valence-corrected chi connectivity index (χ1v) is 5.56. The van der Waals surface area contributed by atoms with Crippen molar-refractivity contribution in [3.05, 3.63) is 29.6 Å². The van der Waals surface area contributed by atoms with E-state index in [4.69, 9.17) is 5.11 Å². The molecule has 0 aliphatic rings. The molecule has 0 fully saturated rings. The van der Waals surface area contributed by atoms with Gasteiger partial charge in [-0.05, 0) is 33.2 Å². The van der Waals surface area contributed by atoms with Crippen molar-refractivity contribution in [3.63, 3.8) is 0 Å². The lowest BCUT2D eigenvalue weighted by Gasteiger charge is -2.19. The zero-order valence-electron chi connectivity index (χ0n) is 10.5. The maximum Gasteiger partial charge on any atom is 0.337 e. The number of carbonyl (C=O) groups is 1. The van der Waals surface area contributed by atoms with Crippen LogP contribution in [-0.4, -0.2) is 47.6 Å². The summed E-state index contributed by atoms with van der Waals surface area (Å²) in [5.41, 5.74) is 1.07. The smallest absolute Gasteiger partial charge is 0.337 e. The van der Waals surface area contributed by atoms with E-state index in [1.807, 2.05) is 14.1 Å². The monoisotopic (exact) mass is 237 g/mol. The second-order valence-corrected chi connectivity index (χ2v) is 4.29. The number of pyridine rings is 1. The van der Waals surface area contributed by atoms with Crippen molar-refractivity contribution < 1.29 is 9.90 Å². The maximum atomic E-state index is 10.6. The molecular weight excluding hydrogens is 218 g/mol. The predicted octanol–water partition coefficient (Wildman–Crippen LogP) is 0.819. The number of hydrogen-bond acceptors (Lipinski definition) is 4. The second-order valence-electron chi connectivity index (χ2n) is 4.29. The SMILES string of the molecule is CC(CNCc1ccc(C(=O)O)cn1)N(C)C. The number of carboxylic acids is 1. The standard InChI is InChI=1S/C12H19N3O2/c1-9(15(2)3)6-13-8-11-5-4-10(7-14-11)12(16)17/h4-5,7,9,13H,6,8H2,1-3H3,(H,16,17). The number of aromatic carboxylic acids is 1. The van der Waals surface area contributed by atoms with Crippen molar-refractivity contribution in [1.82, 2.24) is 15.2 Å². The van der Waals surface area contributed by atoms with Crippen molar-refractivity contribution in [1.29, 1.82) is 0 Å². The molecule has 1 aromatic heterocycles. The van der Waals surface area contributed by atoms with E-state index in [1.54, 1.807) is 12.1 Å². The Morgan fingerprint density at radius 3 is 2.71 bits per heavy atom. The molecule has 0 amide bonds. The summed E-state index contributed by atoms with van der Waals surface area (Å²) < 4.78 is 0. The molecule has 1 aromatic rings. The highest BCUT2D eigenvalue weighted by molar-refractivity contribution is 5.87. The topological polar surface area (TPSA) is 65.5 Å². The van der Waals surface area contributed by atoms with Gasteiger partial charge >= 0.3 is 5.97 Å². The number of nitrogens with zero attached hydrogens (tertiary/aromatic N) is 2. The van der Waals surface area contributed by atoms with Gasteiger partial charge in [-0.1, -0.05) is 0 Å². The van der Waals surface area contributed by atoms with E-state index in [9.17, 15) is 4.79 Å². The van der Waals surface area contributed by atoms with Crippen LogP contribution in [0.2, 0.25) is 0 Å². The maximum absolute atomic E-state index is 10.6. The third kappa shape index (κ3) is 4.50. The Morgan fingerprint density at radius 2 is 2.24 bits per heavy atom.